The first-order valence-corrected chi connectivity index (χ1v) is 6.59. The Morgan fingerprint density at radius 1 is 1.28 bits per heavy atom. The molecule has 2 heterocycles. The molecule has 4 nitrogen and oxygen atoms in total. The molecule has 18 heavy (non-hydrogen) atoms. The van der Waals surface area contributed by atoms with Crippen molar-refractivity contribution in [3.63, 3.8) is 0 Å². The molecule has 2 aliphatic heterocycles. The molecule has 2 fully saturated rings. The van der Waals surface area contributed by atoms with Crippen LogP contribution in [0.3, 0.4) is 0 Å². The number of benzene rings is 1. The van der Waals surface area contributed by atoms with Gasteiger partial charge in [0.1, 0.15) is 0 Å². The van der Waals surface area contributed by atoms with E-state index in [9.17, 15) is 4.79 Å². The molecule has 2 aliphatic rings. The first-order valence-electron chi connectivity index (χ1n) is 6.59. The van der Waals surface area contributed by atoms with Crippen molar-refractivity contribution in [2.75, 3.05) is 26.2 Å². The molecule has 1 aromatic carbocycles. The molecule has 1 aromatic rings. The van der Waals surface area contributed by atoms with Crippen molar-refractivity contribution in [3.05, 3.63) is 35.9 Å². The summed E-state index contributed by atoms with van der Waals surface area (Å²) in [5.74, 6) is 0.153. The third kappa shape index (κ3) is 1.91. The molecule has 0 aromatic heterocycles. The van der Waals surface area contributed by atoms with E-state index < -0.39 is 0 Å². The van der Waals surface area contributed by atoms with Crippen LogP contribution in [0.5, 0.6) is 0 Å². The number of fused-ring (bicyclic) bond motifs is 2. The molecule has 96 valence electrons. The normalized spacial score (nSPS) is 30.5. The standard InChI is InChI=1S/C14H19N3O/c15-8-13-10-17(12-6-7-16(13)9-12)14(18)11-4-2-1-3-5-11/h1-5,12-13H,6-10,15H2/t12-,13-/m0/s1. The zero-order valence-electron chi connectivity index (χ0n) is 10.5. The summed E-state index contributed by atoms with van der Waals surface area (Å²) in [6.07, 6.45) is 1.08. The highest BCUT2D eigenvalue weighted by Gasteiger charge is 2.40. The molecule has 4 heteroatoms. The van der Waals surface area contributed by atoms with E-state index in [0.717, 1.165) is 31.6 Å². The molecule has 0 radical (unpaired) electrons. The summed E-state index contributed by atoms with van der Waals surface area (Å²) in [6.45, 7) is 3.46. The van der Waals surface area contributed by atoms with E-state index in [1.807, 2.05) is 35.2 Å². The van der Waals surface area contributed by atoms with E-state index in [1.54, 1.807) is 0 Å². The highest BCUT2D eigenvalue weighted by Crippen LogP contribution is 2.25. The van der Waals surface area contributed by atoms with Gasteiger partial charge in [-0.05, 0) is 18.6 Å². The Balaban J connectivity index is 1.81. The maximum Gasteiger partial charge on any atom is 0.254 e. The molecule has 2 saturated heterocycles. The first-order chi connectivity index (χ1) is 8.79. The highest BCUT2D eigenvalue weighted by molar-refractivity contribution is 5.94. The number of carbonyl (C=O) groups is 1. The lowest BCUT2D eigenvalue weighted by Crippen LogP contribution is -2.56. The number of nitrogens with zero attached hydrogens (tertiary/aromatic N) is 2. The Labute approximate surface area is 107 Å². The van der Waals surface area contributed by atoms with E-state index in [4.69, 9.17) is 5.73 Å². The third-order valence-electron chi connectivity index (χ3n) is 4.11. The predicted molar refractivity (Wildman–Crippen MR) is 70.3 cm³/mol. The zero-order valence-corrected chi connectivity index (χ0v) is 10.5. The van der Waals surface area contributed by atoms with Gasteiger partial charge in [-0.25, -0.2) is 0 Å². The van der Waals surface area contributed by atoms with Crippen molar-refractivity contribution in [2.45, 2.75) is 18.5 Å². The topological polar surface area (TPSA) is 49.6 Å². The largest absolute Gasteiger partial charge is 0.333 e. The van der Waals surface area contributed by atoms with E-state index in [0.29, 0.717) is 18.6 Å². The minimum atomic E-state index is 0.153. The van der Waals surface area contributed by atoms with Crippen LogP contribution in [-0.2, 0) is 0 Å². The maximum absolute atomic E-state index is 12.5. The van der Waals surface area contributed by atoms with Gasteiger partial charge in [0.15, 0.2) is 0 Å². The smallest absolute Gasteiger partial charge is 0.254 e. The van der Waals surface area contributed by atoms with Crippen molar-refractivity contribution in [3.8, 4) is 0 Å². The SMILES string of the molecule is NC[C@H]1CN(C(=O)c2ccccc2)[C@H]2CCN1C2. The van der Waals surface area contributed by atoms with Gasteiger partial charge in [-0.3, -0.25) is 9.69 Å². The average molecular weight is 245 g/mol. The second-order valence-corrected chi connectivity index (χ2v) is 5.15. The van der Waals surface area contributed by atoms with E-state index >= 15 is 0 Å². The van der Waals surface area contributed by atoms with Crippen LogP contribution in [0.15, 0.2) is 30.3 Å². The summed E-state index contributed by atoms with van der Waals surface area (Å²) in [7, 11) is 0. The van der Waals surface area contributed by atoms with Gasteiger partial charge in [0.2, 0.25) is 0 Å². The monoisotopic (exact) mass is 245 g/mol. The number of amides is 1. The fourth-order valence-electron chi connectivity index (χ4n) is 3.06. The number of rotatable bonds is 2. The summed E-state index contributed by atoms with van der Waals surface area (Å²) in [5.41, 5.74) is 6.59. The summed E-state index contributed by atoms with van der Waals surface area (Å²) < 4.78 is 0. The molecule has 3 rings (SSSR count). The molecule has 2 N–H and O–H groups in total. The van der Waals surface area contributed by atoms with Crippen LogP contribution in [0, 0.1) is 0 Å². The minimum absolute atomic E-state index is 0.153. The van der Waals surface area contributed by atoms with Crippen LogP contribution in [0.2, 0.25) is 0 Å². The number of carbonyl (C=O) groups excluding carboxylic acids is 1. The Kier molecular flexibility index (Phi) is 3.06. The molecule has 2 bridgehead atoms. The van der Waals surface area contributed by atoms with Gasteiger partial charge in [-0.1, -0.05) is 18.2 Å². The van der Waals surface area contributed by atoms with E-state index in [1.165, 1.54) is 0 Å². The second kappa shape index (κ2) is 4.71. The van der Waals surface area contributed by atoms with E-state index in [-0.39, 0.29) is 5.91 Å². The average Bonchev–Trinajstić information content (AvgIpc) is 2.84. The van der Waals surface area contributed by atoms with Crippen LogP contribution in [0.4, 0.5) is 0 Å². The van der Waals surface area contributed by atoms with Crippen molar-refractivity contribution in [2.24, 2.45) is 5.73 Å². The number of nitrogens with two attached hydrogens (primary N) is 1. The fourth-order valence-corrected chi connectivity index (χ4v) is 3.06. The summed E-state index contributed by atoms with van der Waals surface area (Å²) >= 11 is 0. The minimum Gasteiger partial charge on any atom is -0.333 e. The van der Waals surface area contributed by atoms with Gasteiger partial charge in [0.05, 0.1) is 0 Å². The predicted octanol–water partition coefficient (Wildman–Crippen LogP) is 0.544. The van der Waals surface area contributed by atoms with Gasteiger partial charge in [0.25, 0.3) is 5.91 Å². The number of hydrogen-bond acceptors (Lipinski definition) is 3. The number of piperazine rings is 1. The Morgan fingerprint density at radius 3 is 2.78 bits per heavy atom. The molecular formula is C14H19N3O. The lowest BCUT2D eigenvalue weighted by Gasteiger charge is -2.39. The van der Waals surface area contributed by atoms with Gasteiger partial charge in [0, 0.05) is 43.8 Å². The maximum atomic E-state index is 12.5. The van der Waals surface area contributed by atoms with Crippen LogP contribution in [0.25, 0.3) is 0 Å². The third-order valence-corrected chi connectivity index (χ3v) is 4.11. The van der Waals surface area contributed by atoms with Crippen LogP contribution in [-0.4, -0.2) is 54.0 Å². The van der Waals surface area contributed by atoms with Crippen molar-refractivity contribution in [1.29, 1.82) is 0 Å². The quantitative estimate of drug-likeness (QED) is 0.827. The van der Waals surface area contributed by atoms with Crippen LogP contribution < -0.4 is 5.73 Å². The fraction of sp³-hybridized carbons (Fsp3) is 0.500. The summed E-state index contributed by atoms with van der Waals surface area (Å²) in [6, 6.07) is 10.3. The molecule has 3 atom stereocenters. The number of hydrogen-bond donors (Lipinski definition) is 1. The first kappa shape index (κ1) is 11.7. The molecular weight excluding hydrogens is 226 g/mol. The molecule has 1 amide bonds. The van der Waals surface area contributed by atoms with Gasteiger partial charge < -0.3 is 10.6 Å². The van der Waals surface area contributed by atoms with E-state index in [2.05, 4.69) is 4.90 Å². The van der Waals surface area contributed by atoms with Crippen molar-refractivity contribution in [1.82, 2.24) is 9.80 Å². The van der Waals surface area contributed by atoms with Crippen molar-refractivity contribution >= 4 is 5.91 Å². The van der Waals surface area contributed by atoms with Crippen LogP contribution >= 0.6 is 0 Å². The summed E-state index contributed by atoms with van der Waals surface area (Å²) in [4.78, 5) is 17.0. The lowest BCUT2D eigenvalue weighted by atomic mass is 10.1. The zero-order chi connectivity index (χ0) is 12.5. The van der Waals surface area contributed by atoms with Gasteiger partial charge in [-0.2, -0.15) is 0 Å². The summed E-state index contributed by atoms with van der Waals surface area (Å²) in [5, 5.41) is 0. The lowest BCUT2D eigenvalue weighted by molar-refractivity contribution is 0.0507. The Bertz CT molecular complexity index is 434. The highest BCUT2D eigenvalue weighted by atomic mass is 16.2. The van der Waals surface area contributed by atoms with Crippen molar-refractivity contribution < 1.29 is 4.79 Å². The van der Waals surface area contributed by atoms with Gasteiger partial charge >= 0.3 is 0 Å². The molecule has 0 aliphatic carbocycles. The Hall–Kier alpha value is -1.39. The van der Waals surface area contributed by atoms with Crippen LogP contribution in [0.1, 0.15) is 16.8 Å². The molecule has 1 unspecified atom stereocenters. The molecule has 0 saturated carbocycles. The Morgan fingerprint density at radius 2 is 2.06 bits per heavy atom. The molecule has 0 spiro atoms. The van der Waals surface area contributed by atoms with Gasteiger partial charge in [-0.15, -0.1) is 0 Å². The second-order valence-electron chi connectivity index (χ2n) is 5.15.